The highest BCUT2D eigenvalue weighted by molar-refractivity contribution is 7.87. The van der Waals surface area contributed by atoms with E-state index in [0.29, 0.717) is 19.1 Å². The van der Waals surface area contributed by atoms with Crippen molar-refractivity contribution in [2.75, 3.05) is 20.1 Å². The molecule has 0 spiro atoms. The fraction of sp³-hybridized carbons (Fsp3) is 0.571. The van der Waals surface area contributed by atoms with Gasteiger partial charge in [0.1, 0.15) is 0 Å². The van der Waals surface area contributed by atoms with Crippen LogP contribution in [0.5, 0.6) is 0 Å². The van der Waals surface area contributed by atoms with E-state index >= 15 is 0 Å². The third-order valence-electron chi connectivity index (χ3n) is 3.75. The number of rotatable bonds is 7. The molecule has 1 saturated heterocycles. The Morgan fingerprint density at radius 3 is 2.65 bits per heavy atom. The molecule has 1 fully saturated rings. The van der Waals surface area contributed by atoms with Crippen molar-refractivity contribution in [1.82, 2.24) is 14.3 Å². The summed E-state index contributed by atoms with van der Waals surface area (Å²) in [4.78, 5) is 2.30. The number of likely N-dealkylation sites (tertiary alicyclic amines) is 1. The van der Waals surface area contributed by atoms with Crippen molar-refractivity contribution in [2.45, 2.75) is 31.8 Å². The molecule has 1 aliphatic heterocycles. The lowest BCUT2D eigenvalue weighted by atomic mass is 10.1. The largest absolute Gasteiger partial charge is 0.303 e. The Bertz CT molecular complexity index is 504. The summed E-state index contributed by atoms with van der Waals surface area (Å²) in [5, 5.41) is 0. The van der Waals surface area contributed by atoms with Crippen LogP contribution in [0.4, 0.5) is 0 Å². The fourth-order valence-corrected chi connectivity index (χ4v) is 3.37. The van der Waals surface area contributed by atoms with Crippen LogP contribution in [0.2, 0.25) is 0 Å². The lowest BCUT2D eigenvalue weighted by molar-refractivity contribution is 0.297. The van der Waals surface area contributed by atoms with E-state index in [9.17, 15) is 8.42 Å². The number of nitrogens with one attached hydrogen (secondary N) is 2. The van der Waals surface area contributed by atoms with E-state index in [1.165, 1.54) is 6.42 Å². The van der Waals surface area contributed by atoms with Gasteiger partial charge in [-0.1, -0.05) is 30.3 Å². The van der Waals surface area contributed by atoms with Gasteiger partial charge in [-0.3, -0.25) is 0 Å². The average molecular weight is 297 g/mol. The minimum atomic E-state index is -3.41. The van der Waals surface area contributed by atoms with Gasteiger partial charge in [-0.05, 0) is 38.4 Å². The van der Waals surface area contributed by atoms with E-state index in [2.05, 4.69) is 21.4 Å². The Morgan fingerprint density at radius 1 is 1.25 bits per heavy atom. The van der Waals surface area contributed by atoms with Gasteiger partial charge in [-0.2, -0.15) is 13.1 Å². The normalized spacial score (nSPS) is 20.4. The molecule has 5 nitrogen and oxygen atoms in total. The van der Waals surface area contributed by atoms with Gasteiger partial charge >= 0.3 is 0 Å². The molecule has 20 heavy (non-hydrogen) atoms. The van der Waals surface area contributed by atoms with Gasteiger partial charge in [-0.25, -0.2) is 4.72 Å². The van der Waals surface area contributed by atoms with Gasteiger partial charge in [0.2, 0.25) is 0 Å². The third-order valence-corrected chi connectivity index (χ3v) is 4.86. The lowest BCUT2D eigenvalue weighted by Crippen LogP contribution is -2.38. The first kappa shape index (κ1) is 15.4. The van der Waals surface area contributed by atoms with Gasteiger partial charge in [0.25, 0.3) is 10.2 Å². The number of benzene rings is 1. The molecule has 6 heteroatoms. The van der Waals surface area contributed by atoms with Crippen molar-refractivity contribution in [3.05, 3.63) is 35.9 Å². The maximum atomic E-state index is 11.8. The summed E-state index contributed by atoms with van der Waals surface area (Å²) in [6, 6.07) is 10.0. The molecule has 0 aromatic heterocycles. The van der Waals surface area contributed by atoms with Crippen LogP contribution in [0, 0.1) is 0 Å². The molecule has 112 valence electrons. The third kappa shape index (κ3) is 4.86. The van der Waals surface area contributed by atoms with Crippen LogP contribution >= 0.6 is 0 Å². The van der Waals surface area contributed by atoms with Crippen LogP contribution in [-0.4, -0.2) is 39.5 Å². The minimum Gasteiger partial charge on any atom is -0.303 e. The van der Waals surface area contributed by atoms with Crippen molar-refractivity contribution in [2.24, 2.45) is 0 Å². The standard InChI is InChI=1S/C14H23N3O2S/c1-17-11-5-8-14(17)9-10-15-20(18,19)16-12-13-6-3-2-4-7-13/h2-4,6-7,14-16H,5,8-12H2,1H3/t14-/m1/s1. The van der Waals surface area contributed by atoms with Crippen molar-refractivity contribution >= 4 is 10.2 Å². The summed E-state index contributed by atoms with van der Waals surface area (Å²) in [7, 11) is -1.31. The topological polar surface area (TPSA) is 61.4 Å². The molecule has 1 aromatic rings. The summed E-state index contributed by atoms with van der Waals surface area (Å²) in [5.74, 6) is 0. The molecular formula is C14H23N3O2S. The van der Waals surface area contributed by atoms with Crippen molar-refractivity contribution in [3.63, 3.8) is 0 Å². The van der Waals surface area contributed by atoms with E-state index in [-0.39, 0.29) is 0 Å². The second-order valence-corrected chi connectivity index (χ2v) is 6.85. The molecule has 0 radical (unpaired) electrons. The maximum absolute atomic E-state index is 11.8. The molecule has 0 aliphatic carbocycles. The Labute approximate surface area is 121 Å². The first-order valence-electron chi connectivity index (χ1n) is 7.05. The van der Waals surface area contributed by atoms with E-state index in [4.69, 9.17) is 0 Å². The quantitative estimate of drug-likeness (QED) is 0.792. The molecule has 1 heterocycles. The second-order valence-electron chi connectivity index (χ2n) is 5.27. The molecule has 0 bridgehead atoms. The summed E-state index contributed by atoms with van der Waals surface area (Å²) in [6.45, 7) is 1.92. The summed E-state index contributed by atoms with van der Waals surface area (Å²) in [6.07, 6.45) is 3.23. The van der Waals surface area contributed by atoms with Crippen LogP contribution in [0.25, 0.3) is 0 Å². The molecule has 0 saturated carbocycles. The van der Waals surface area contributed by atoms with E-state index in [0.717, 1.165) is 24.9 Å². The molecule has 1 atom stereocenters. The predicted molar refractivity (Wildman–Crippen MR) is 80.5 cm³/mol. The maximum Gasteiger partial charge on any atom is 0.277 e. The van der Waals surface area contributed by atoms with Gasteiger partial charge in [-0.15, -0.1) is 0 Å². The molecule has 2 rings (SSSR count). The van der Waals surface area contributed by atoms with Gasteiger partial charge in [0, 0.05) is 19.1 Å². The highest BCUT2D eigenvalue weighted by atomic mass is 32.2. The van der Waals surface area contributed by atoms with Crippen LogP contribution in [0.1, 0.15) is 24.8 Å². The second kappa shape index (κ2) is 7.17. The zero-order valence-corrected chi connectivity index (χ0v) is 12.7. The Kier molecular flexibility index (Phi) is 5.54. The predicted octanol–water partition coefficient (Wildman–Crippen LogP) is 1.09. The number of nitrogens with zero attached hydrogens (tertiary/aromatic N) is 1. The van der Waals surface area contributed by atoms with Crippen LogP contribution in [-0.2, 0) is 16.8 Å². The molecule has 1 aromatic carbocycles. The smallest absolute Gasteiger partial charge is 0.277 e. The fourth-order valence-electron chi connectivity index (χ4n) is 2.53. The molecular weight excluding hydrogens is 274 g/mol. The first-order chi connectivity index (χ1) is 9.57. The highest BCUT2D eigenvalue weighted by Crippen LogP contribution is 2.16. The van der Waals surface area contributed by atoms with Gasteiger partial charge < -0.3 is 4.90 Å². The van der Waals surface area contributed by atoms with Gasteiger partial charge in [0.05, 0.1) is 0 Å². The minimum absolute atomic E-state index is 0.319. The Hall–Kier alpha value is -0.950. The van der Waals surface area contributed by atoms with Crippen molar-refractivity contribution < 1.29 is 8.42 Å². The molecule has 0 unspecified atom stereocenters. The van der Waals surface area contributed by atoms with E-state index in [1.807, 2.05) is 30.3 Å². The zero-order chi connectivity index (χ0) is 14.4. The monoisotopic (exact) mass is 297 g/mol. The highest BCUT2D eigenvalue weighted by Gasteiger charge is 2.20. The first-order valence-corrected chi connectivity index (χ1v) is 8.53. The van der Waals surface area contributed by atoms with E-state index < -0.39 is 10.2 Å². The van der Waals surface area contributed by atoms with Crippen LogP contribution < -0.4 is 9.44 Å². The average Bonchev–Trinajstić information content (AvgIpc) is 2.83. The van der Waals surface area contributed by atoms with Crippen molar-refractivity contribution in [3.8, 4) is 0 Å². The molecule has 2 N–H and O–H groups in total. The number of hydrogen-bond acceptors (Lipinski definition) is 3. The molecule has 1 aliphatic rings. The zero-order valence-electron chi connectivity index (χ0n) is 11.9. The van der Waals surface area contributed by atoms with Gasteiger partial charge in [0.15, 0.2) is 0 Å². The summed E-state index contributed by atoms with van der Waals surface area (Å²) < 4.78 is 28.8. The summed E-state index contributed by atoms with van der Waals surface area (Å²) >= 11 is 0. The van der Waals surface area contributed by atoms with E-state index in [1.54, 1.807) is 0 Å². The lowest BCUT2D eigenvalue weighted by Gasteiger charge is -2.19. The number of hydrogen-bond donors (Lipinski definition) is 2. The van der Waals surface area contributed by atoms with Crippen LogP contribution in [0.15, 0.2) is 30.3 Å². The van der Waals surface area contributed by atoms with Crippen molar-refractivity contribution in [1.29, 1.82) is 0 Å². The SMILES string of the molecule is CN1CCC[C@@H]1CCNS(=O)(=O)NCc1ccccc1. The summed E-state index contributed by atoms with van der Waals surface area (Å²) in [5.41, 5.74) is 0.952. The molecule has 0 amide bonds. The Morgan fingerprint density at radius 2 is 2.00 bits per heavy atom. The Balaban J connectivity index is 1.71. The van der Waals surface area contributed by atoms with Crippen LogP contribution in [0.3, 0.4) is 0 Å².